The number of halogens is 1. The minimum atomic E-state index is -4.00. The van der Waals surface area contributed by atoms with Crippen LogP contribution in [0.15, 0.2) is 33.6 Å². The summed E-state index contributed by atoms with van der Waals surface area (Å²) in [5.41, 5.74) is 0. The van der Waals surface area contributed by atoms with Crippen molar-refractivity contribution in [2.45, 2.75) is 61.6 Å². The van der Waals surface area contributed by atoms with Crippen LogP contribution in [0.5, 0.6) is 0 Å². The lowest BCUT2D eigenvalue weighted by atomic mass is 9.94. The van der Waals surface area contributed by atoms with Crippen LogP contribution in [0.4, 0.5) is 4.39 Å². The molecule has 3 rings (SSSR count). The van der Waals surface area contributed by atoms with Gasteiger partial charge in [0.05, 0.1) is 9.64 Å². The largest absolute Gasteiger partial charge is 0.286 e. The highest BCUT2D eigenvalue weighted by Crippen LogP contribution is 2.41. The maximum Gasteiger partial charge on any atom is 0.284 e. The molecule has 1 aliphatic heterocycles. The van der Waals surface area contributed by atoms with Gasteiger partial charge in [-0.05, 0) is 51.0 Å². The molecule has 2 aliphatic rings. The standard InChI is InChI=1S/C17H21FN2O3S2/c1-17(2)15(21)20(13-6-4-3-5-7-13)16(24-17)19-25(22,23)14-10-8-12(18)9-11-14/h8-11,13H,3-7H2,1-2H3/b19-16+. The summed E-state index contributed by atoms with van der Waals surface area (Å²) < 4.78 is 41.4. The van der Waals surface area contributed by atoms with E-state index in [1.54, 1.807) is 18.7 Å². The summed E-state index contributed by atoms with van der Waals surface area (Å²) in [7, 11) is -4.00. The predicted octanol–water partition coefficient (Wildman–Crippen LogP) is 3.56. The molecule has 1 saturated carbocycles. The third kappa shape index (κ3) is 3.74. The molecule has 1 aromatic rings. The number of carbonyl (C=O) groups is 1. The minimum Gasteiger partial charge on any atom is -0.286 e. The van der Waals surface area contributed by atoms with Crippen molar-refractivity contribution in [3.05, 3.63) is 30.1 Å². The lowest BCUT2D eigenvalue weighted by molar-refractivity contribution is -0.130. The highest BCUT2D eigenvalue weighted by atomic mass is 32.2. The summed E-state index contributed by atoms with van der Waals surface area (Å²) in [5, 5.41) is 0.228. The zero-order valence-electron chi connectivity index (χ0n) is 14.2. The molecule has 0 atom stereocenters. The van der Waals surface area contributed by atoms with Gasteiger partial charge in [0.1, 0.15) is 5.82 Å². The minimum absolute atomic E-state index is 0.00214. The Morgan fingerprint density at radius 1 is 1.16 bits per heavy atom. The number of hydrogen-bond donors (Lipinski definition) is 0. The Labute approximate surface area is 151 Å². The molecule has 1 amide bonds. The van der Waals surface area contributed by atoms with E-state index in [1.807, 2.05) is 0 Å². The van der Waals surface area contributed by atoms with Gasteiger partial charge in [-0.3, -0.25) is 9.69 Å². The van der Waals surface area contributed by atoms with E-state index in [2.05, 4.69) is 4.40 Å². The van der Waals surface area contributed by atoms with Crippen LogP contribution in [0.2, 0.25) is 0 Å². The Morgan fingerprint density at radius 2 is 1.76 bits per heavy atom. The van der Waals surface area contributed by atoms with E-state index in [-0.39, 0.29) is 22.0 Å². The van der Waals surface area contributed by atoms with Crippen molar-refractivity contribution < 1.29 is 17.6 Å². The third-order valence-corrected chi connectivity index (χ3v) is 7.09. The van der Waals surface area contributed by atoms with Crippen molar-refractivity contribution in [2.24, 2.45) is 4.40 Å². The van der Waals surface area contributed by atoms with Crippen LogP contribution in [0.3, 0.4) is 0 Å². The normalized spacial score (nSPS) is 23.4. The number of carbonyl (C=O) groups excluding carboxylic acids is 1. The Balaban J connectivity index is 1.98. The van der Waals surface area contributed by atoms with Gasteiger partial charge < -0.3 is 0 Å². The second-order valence-electron chi connectivity index (χ2n) is 6.88. The molecule has 0 radical (unpaired) electrons. The summed E-state index contributed by atoms with van der Waals surface area (Å²) in [6.07, 6.45) is 4.90. The van der Waals surface area contributed by atoms with Crippen LogP contribution in [-0.4, -0.2) is 35.2 Å². The van der Waals surface area contributed by atoms with Gasteiger partial charge in [-0.1, -0.05) is 31.0 Å². The van der Waals surface area contributed by atoms with Gasteiger partial charge in [0.15, 0.2) is 5.17 Å². The number of thioether (sulfide) groups is 1. The summed E-state index contributed by atoms with van der Waals surface area (Å²) in [5.74, 6) is -0.612. The first-order valence-corrected chi connectivity index (χ1v) is 10.6. The van der Waals surface area contributed by atoms with Crippen LogP contribution in [0, 0.1) is 5.82 Å². The summed E-state index contributed by atoms with van der Waals surface area (Å²) >= 11 is 1.18. The van der Waals surface area contributed by atoms with Crippen molar-refractivity contribution in [2.75, 3.05) is 0 Å². The summed E-state index contributed by atoms with van der Waals surface area (Å²) in [6, 6.07) is 4.54. The van der Waals surface area contributed by atoms with Crippen molar-refractivity contribution in [1.29, 1.82) is 0 Å². The van der Waals surface area contributed by atoms with Crippen molar-refractivity contribution >= 4 is 32.9 Å². The van der Waals surface area contributed by atoms with Gasteiger partial charge in [0, 0.05) is 6.04 Å². The second kappa shape index (κ2) is 6.72. The Hall–Kier alpha value is -1.41. The van der Waals surface area contributed by atoms with Crippen molar-refractivity contribution in [3.8, 4) is 0 Å². The lowest BCUT2D eigenvalue weighted by Crippen LogP contribution is -2.44. The SMILES string of the molecule is CC1(C)S/C(=N/S(=O)(=O)c2ccc(F)cc2)N(C2CCCCC2)C1=O. The van der Waals surface area contributed by atoms with E-state index in [0.717, 1.165) is 44.2 Å². The zero-order chi connectivity index (χ0) is 18.2. The number of rotatable bonds is 3. The molecule has 1 saturated heterocycles. The molecule has 1 aliphatic carbocycles. The van der Waals surface area contributed by atoms with E-state index in [9.17, 15) is 17.6 Å². The number of nitrogens with zero attached hydrogens (tertiary/aromatic N) is 2. The number of amidine groups is 1. The number of benzene rings is 1. The maximum absolute atomic E-state index is 13.0. The average Bonchev–Trinajstić information content (AvgIpc) is 2.77. The molecule has 0 bridgehead atoms. The molecular formula is C17H21FN2O3S2. The molecule has 0 N–H and O–H groups in total. The first kappa shape index (κ1) is 18.4. The topological polar surface area (TPSA) is 66.8 Å². The summed E-state index contributed by atoms with van der Waals surface area (Å²) in [4.78, 5) is 14.3. The van der Waals surface area contributed by atoms with E-state index >= 15 is 0 Å². The number of hydrogen-bond acceptors (Lipinski definition) is 4. The van der Waals surface area contributed by atoms with E-state index in [4.69, 9.17) is 0 Å². The molecule has 5 nitrogen and oxygen atoms in total. The predicted molar refractivity (Wildman–Crippen MR) is 96.4 cm³/mol. The van der Waals surface area contributed by atoms with Gasteiger partial charge >= 0.3 is 0 Å². The smallest absolute Gasteiger partial charge is 0.284 e. The van der Waals surface area contributed by atoms with Crippen molar-refractivity contribution in [3.63, 3.8) is 0 Å². The highest BCUT2D eigenvalue weighted by Gasteiger charge is 2.48. The number of amides is 1. The van der Waals surface area contributed by atoms with Gasteiger partial charge in [-0.15, -0.1) is 4.40 Å². The summed E-state index contributed by atoms with van der Waals surface area (Å²) in [6.45, 7) is 3.56. The van der Waals surface area contributed by atoms with Gasteiger partial charge in [0.25, 0.3) is 10.0 Å². The molecule has 1 heterocycles. The quantitative estimate of drug-likeness (QED) is 0.799. The van der Waals surface area contributed by atoms with Gasteiger partial charge in [0.2, 0.25) is 5.91 Å². The number of sulfonamides is 1. The maximum atomic E-state index is 13.0. The Kier molecular flexibility index (Phi) is 4.94. The fraction of sp³-hybridized carbons (Fsp3) is 0.529. The van der Waals surface area contributed by atoms with Crippen molar-refractivity contribution in [1.82, 2.24) is 4.90 Å². The molecule has 25 heavy (non-hydrogen) atoms. The van der Waals surface area contributed by atoms with Crippen LogP contribution >= 0.6 is 11.8 Å². The Bertz CT molecular complexity index is 798. The molecule has 1 aromatic carbocycles. The van der Waals surface area contributed by atoms with Crippen LogP contribution < -0.4 is 0 Å². The molecule has 0 spiro atoms. The zero-order valence-corrected chi connectivity index (χ0v) is 15.9. The molecule has 2 fully saturated rings. The fourth-order valence-corrected chi connectivity index (χ4v) is 5.48. The molecular weight excluding hydrogens is 363 g/mol. The molecule has 136 valence electrons. The highest BCUT2D eigenvalue weighted by molar-refractivity contribution is 8.16. The van der Waals surface area contributed by atoms with E-state index in [1.165, 1.54) is 23.9 Å². The van der Waals surface area contributed by atoms with Crippen LogP contribution in [-0.2, 0) is 14.8 Å². The third-order valence-electron chi connectivity index (χ3n) is 4.54. The lowest BCUT2D eigenvalue weighted by Gasteiger charge is -2.31. The fourth-order valence-electron chi connectivity index (χ4n) is 3.18. The second-order valence-corrected chi connectivity index (χ2v) is 10.1. The van der Waals surface area contributed by atoms with E-state index < -0.39 is 20.6 Å². The molecule has 0 unspecified atom stereocenters. The van der Waals surface area contributed by atoms with E-state index in [0.29, 0.717) is 0 Å². The first-order valence-electron chi connectivity index (χ1n) is 8.34. The van der Waals surface area contributed by atoms with Gasteiger partial charge in [-0.25, -0.2) is 4.39 Å². The molecule has 8 heteroatoms. The Morgan fingerprint density at radius 3 is 2.36 bits per heavy atom. The molecule has 0 aromatic heterocycles. The average molecular weight is 384 g/mol. The van der Waals surface area contributed by atoms with Gasteiger partial charge in [-0.2, -0.15) is 8.42 Å². The van der Waals surface area contributed by atoms with Crippen LogP contribution in [0.1, 0.15) is 46.0 Å². The first-order chi connectivity index (χ1) is 11.7. The monoisotopic (exact) mass is 384 g/mol. The van der Waals surface area contributed by atoms with Crippen LogP contribution in [0.25, 0.3) is 0 Å².